The lowest BCUT2D eigenvalue weighted by Crippen LogP contribution is -2.51. The molecule has 1 heteroatoms. The standard InChI is InChI=1S/C24H34O/c1-6-15(2)19-7-8-20-18-13-16(3)22-14-17(25)9-11-24(22,5)21(18)10-12-23(19,20)4/h6,14,18-21H,3,7-13H2,1-2,4-5H3/b15-6+. The molecule has 0 saturated heterocycles. The highest BCUT2D eigenvalue weighted by atomic mass is 16.1. The minimum atomic E-state index is 0.197. The minimum absolute atomic E-state index is 0.197. The van der Waals surface area contributed by atoms with Gasteiger partial charge in [0.25, 0.3) is 0 Å². The maximum absolute atomic E-state index is 12.0. The Morgan fingerprint density at radius 3 is 2.68 bits per heavy atom. The summed E-state index contributed by atoms with van der Waals surface area (Å²) in [5, 5.41) is 0. The Balaban J connectivity index is 1.71. The predicted octanol–water partition coefficient (Wildman–Crippen LogP) is 6.27. The normalized spacial score (nSPS) is 47.0. The van der Waals surface area contributed by atoms with Crippen molar-refractivity contribution in [3.8, 4) is 0 Å². The summed E-state index contributed by atoms with van der Waals surface area (Å²) in [7, 11) is 0. The number of rotatable bonds is 1. The van der Waals surface area contributed by atoms with Crippen molar-refractivity contribution in [2.24, 2.45) is 34.5 Å². The first-order chi connectivity index (χ1) is 11.8. The Morgan fingerprint density at radius 1 is 1.20 bits per heavy atom. The van der Waals surface area contributed by atoms with Crippen LogP contribution in [-0.2, 0) is 4.79 Å². The van der Waals surface area contributed by atoms with Gasteiger partial charge in [-0.2, -0.15) is 0 Å². The molecule has 1 nitrogen and oxygen atoms in total. The Morgan fingerprint density at radius 2 is 1.96 bits per heavy atom. The van der Waals surface area contributed by atoms with Gasteiger partial charge in [0.2, 0.25) is 0 Å². The van der Waals surface area contributed by atoms with Crippen molar-refractivity contribution >= 4 is 5.78 Å². The van der Waals surface area contributed by atoms with Crippen LogP contribution in [-0.4, -0.2) is 5.78 Å². The third kappa shape index (κ3) is 2.30. The average Bonchev–Trinajstić information content (AvgIpc) is 2.93. The molecule has 0 heterocycles. The minimum Gasteiger partial charge on any atom is -0.295 e. The van der Waals surface area contributed by atoms with E-state index in [2.05, 4.69) is 40.3 Å². The van der Waals surface area contributed by atoms with E-state index in [0.717, 1.165) is 42.9 Å². The van der Waals surface area contributed by atoms with Crippen LogP contribution in [0.3, 0.4) is 0 Å². The zero-order chi connectivity index (χ0) is 18.0. The molecular formula is C24H34O. The lowest BCUT2D eigenvalue weighted by molar-refractivity contribution is -0.117. The van der Waals surface area contributed by atoms with Crippen LogP contribution in [0.5, 0.6) is 0 Å². The van der Waals surface area contributed by atoms with Gasteiger partial charge in [0.05, 0.1) is 0 Å². The van der Waals surface area contributed by atoms with Gasteiger partial charge in [-0.3, -0.25) is 4.79 Å². The second-order valence-electron chi connectivity index (χ2n) is 9.83. The molecule has 0 aromatic heterocycles. The van der Waals surface area contributed by atoms with Gasteiger partial charge in [-0.1, -0.05) is 37.6 Å². The van der Waals surface area contributed by atoms with Crippen LogP contribution in [0.2, 0.25) is 0 Å². The first-order valence-electron chi connectivity index (χ1n) is 10.4. The van der Waals surface area contributed by atoms with Gasteiger partial charge in [-0.15, -0.1) is 0 Å². The Hall–Kier alpha value is -1.11. The molecule has 4 rings (SSSR count). The van der Waals surface area contributed by atoms with Gasteiger partial charge in [0, 0.05) is 6.42 Å². The first-order valence-corrected chi connectivity index (χ1v) is 10.4. The highest BCUT2D eigenvalue weighted by Gasteiger charge is 2.59. The Labute approximate surface area is 153 Å². The number of hydrogen-bond donors (Lipinski definition) is 0. The molecule has 6 atom stereocenters. The van der Waals surface area contributed by atoms with E-state index in [9.17, 15) is 4.79 Å². The van der Waals surface area contributed by atoms with Crippen molar-refractivity contribution in [2.75, 3.05) is 0 Å². The number of carbonyl (C=O) groups is 1. The van der Waals surface area contributed by atoms with Gasteiger partial charge < -0.3 is 0 Å². The molecular weight excluding hydrogens is 304 g/mol. The first kappa shape index (κ1) is 17.3. The molecule has 25 heavy (non-hydrogen) atoms. The largest absolute Gasteiger partial charge is 0.295 e. The molecule has 6 unspecified atom stereocenters. The smallest absolute Gasteiger partial charge is 0.156 e. The van der Waals surface area contributed by atoms with Crippen LogP contribution in [0.25, 0.3) is 0 Å². The van der Waals surface area contributed by atoms with E-state index in [-0.39, 0.29) is 5.41 Å². The third-order valence-corrected chi connectivity index (χ3v) is 8.93. The van der Waals surface area contributed by atoms with Gasteiger partial charge >= 0.3 is 0 Å². The van der Waals surface area contributed by atoms with E-state index in [1.807, 2.05) is 6.08 Å². The summed E-state index contributed by atoms with van der Waals surface area (Å²) in [6.07, 6.45) is 12.6. The summed E-state index contributed by atoms with van der Waals surface area (Å²) in [4.78, 5) is 12.0. The van der Waals surface area contributed by atoms with E-state index in [1.165, 1.54) is 36.8 Å². The van der Waals surface area contributed by atoms with E-state index >= 15 is 0 Å². The summed E-state index contributed by atoms with van der Waals surface area (Å²) in [5.74, 6) is 3.45. The molecule has 0 bridgehead atoms. The van der Waals surface area contributed by atoms with Crippen LogP contribution in [0, 0.1) is 34.5 Å². The van der Waals surface area contributed by atoms with E-state index in [1.54, 1.807) is 5.57 Å². The highest BCUT2D eigenvalue weighted by molar-refractivity contribution is 5.92. The van der Waals surface area contributed by atoms with Gasteiger partial charge in [-0.05, 0) is 98.5 Å². The molecule has 0 spiro atoms. The fraction of sp³-hybridized carbons (Fsp3) is 0.708. The molecule has 4 aliphatic carbocycles. The molecule has 3 saturated carbocycles. The van der Waals surface area contributed by atoms with Crippen molar-refractivity contribution in [1.29, 1.82) is 0 Å². The monoisotopic (exact) mass is 338 g/mol. The fourth-order valence-corrected chi connectivity index (χ4v) is 7.51. The third-order valence-electron chi connectivity index (χ3n) is 8.93. The second-order valence-corrected chi connectivity index (χ2v) is 9.83. The quantitative estimate of drug-likeness (QED) is 0.515. The number of carbonyl (C=O) groups excluding carboxylic acids is 1. The SMILES string of the molecule is C=C1CC2C(CCC3(C)C(/C(C)=C/C)CCC23)C2(C)CCC(=O)C=C12. The number of hydrogen-bond acceptors (Lipinski definition) is 1. The van der Waals surface area contributed by atoms with Gasteiger partial charge in [0.15, 0.2) is 5.78 Å². The summed E-state index contributed by atoms with van der Waals surface area (Å²) in [5.41, 5.74) is 4.86. The van der Waals surface area contributed by atoms with E-state index in [4.69, 9.17) is 0 Å². The second kappa shape index (κ2) is 5.69. The van der Waals surface area contributed by atoms with E-state index < -0.39 is 0 Å². The van der Waals surface area contributed by atoms with Crippen LogP contribution in [0.1, 0.15) is 72.6 Å². The molecule has 0 amide bonds. The molecule has 4 aliphatic rings. The number of ketones is 1. The lowest BCUT2D eigenvalue weighted by Gasteiger charge is -2.58. The molecule has 136 valence electrons. The van der Waals surface area contributed by atoms with Crippen LogP contribution >= 0.6 is 0 Å². The van der Waals surface area contributed by atoms with Crippen molar-refractivity contribution in [2.45, 2.75) is 72.6 Å². The van der Waals surface area contributed by atoms with Crippen molar-refractivity contribution in [1.82, 2.24) is 0 Å². The van der Waals surface area contributed by atoms with Crippen molar-refractivity contribution in [3.63, 3.8) is 0 Å². The Bertz CT molecular complexity index is 680. The maximum Gasteiger partial charge on any atom is 0.156 e. The lowest BCUT2D eigenvalue weighted by atomic mass is 9.46. The fourth-order valence-electron chi connectivity index (χ4n) is 7.51. The van der Waals surface area contributed by atoms with Crippen LogP contribution in [0.4, 0.5) is 0 Å². The summed E-state index contributed by atoms with van der Waals surface area (Å²) >= 11 is 0. The Kier molecular flexibility index (Phi) is 3.94. The summed E-state index contributed by atoms with van der Waals surface area (Å²) < 4.78 is 0. The van der Waals surface area contributed by atoms with Gasteiger partial charge in [0.1, 0.15) is 0 Å². The average molecular weight is 339 g/mol. The zero-order valence-corrected chi connectivity index (χ0v) is 16.5. The van der Waals surface area contributed by atoms with Gasteiger partial charge in [-0.25, -0.2) is 0 Å². The summed E-state index contributed by atoms with van der Waals surface area (Å²) in [6, 6.07) is 0. The van der Waals surface area contributed by atoms with E-state index in [0.29, 0.717) is 11.2 Å². The van der Waals surface area contributed by atoms with Crippen LogP contribution < -0.4 is 0 Å². The van der Waals surface area contributed by atoms with Crippen molar-refractivity contribution in [3.05, 3.63) is 35.5 Å². The van der Waals surface area contributed by atoms with Crippen molar-refractivity contribution < 1.29 is 4.79 Å². The zero-order valence-electron chi connectivity index (χ0n) is 16.5. The molecule has 0 aromatic carbocycles. The molecule has 0 aliphatic heterocycles. The number of allylic oxidation sites excluding steroid dienone is 4. The maximum atomic E-state index is 12.0. The number of fused-ring (bicyclic) bond motifs is 5. The molecule has 0 aromatic rings. The molecule has 3 fully saturated rings. The molecule has 0 radical (unpaired) electrons. The highest BCUT2D eigenvalue weighted by Crippen LogP contribution is 2.68. The topological polar surface area (TPSA) is 17.1 Å². The molecule has 0 N–H and O–H groups in total. The summed E-state index contributed by atoms with van der Waals surface area (Å²) in [6.45, 7) is 14.0. The predicted molar refractivity (Wildman–Crippen MR) is 104 cm³/mol. The van der Waals surface area contributed by atoms with Crippen LogP contribution in [0.15, 0.2) is 35.5 Å².